The Bertz CT molecular complexity index is 275. The molecule has 0 aliphatic rings. The molecule has 0 spiro atoms. The molecule has 2 atom stereocenters. The van der Waals surface area contributed by atoms with Crippen LogP contribution in [0, 0.1) is 11.8 Å². The van der Waals surface area contributed by atoms with Crippen molar-refractivity contribution in [3.63, 3.8) is 0 Å². The van der Waals surface area contributed by atoms with Crippen LogP contribution in [-0.4, -0.2) is 12.6 Å². The van der Waals surface area contributed by atoms with E-state index in [1.165, 1.54) is 70.6 Å². The maximum absolute atomic E-state index is 12.3. The second-order valence-electron chi connectivity index (χ2n) is 7.42. The molecule has 2 heteroatoms. The van der Waals surface area contributed by atoms with Crippen LogP contribution in [0.25, 0.3) is 0 Å². The predicted molar refractivity (Wildman–Crippen MR) is 105 cm³/mol. The zero-order valence-electron chi connectivity index (χ0n) is 17.1. The summed E-state index contributed by atoms with van der Waals surface area (Å²) in [7, 11) is 0. The molecule has 2 nitrogen and oxygen atoms in total. The molecular weight excluding hydrogens is 296 g/mol. The van der Waals surface area contributed by atoms with Gasteiger partial charge in [0.1, 0.15) is 0 Å². The Kier molecular flexibility index (Phi) is 16.9. The molecule has 0 rings (SSSR count). The molecule has 0 N–H and O–H groups in total. The topological polar surface area (TPSA) is 26.3 Å². The molecule has 0 aromatic heterocycles. The highest BCUT2D eigenvalue weighted by molar-refractivity contribution is 5.72. The van der Waals surface area contributed by atoms with Gasteiger partial charge in [-0.05, 0) is 25.2 Å². The van der Waals surface area contributed by atoms with Crippen LogP contribution in [0.1, 0.15) is 118 Å². The number of ether oxygens (including phenoxy) is 1. The first kappa shape index (κ1) is 23.5. The van der Waals surface area contributed by atoms with E-state index in [9.17, 15) is 4.79 Å². The van der Waals surface area contributed by atoms with Crippen molar-refractivity contribution < 1.29 is 9.53 Å². The summed E-state index contributed by atoms with van der Waals surface area (Å²) in [5, 5.41) is 0. The third-order valence-electron chi connectivity index (χ3n) is 5.24. The number of rotatable bonds is 17. The number of hydrogen-bond acceptors (Lipinski definition) is 2. The van der Waals surface area contributed by atoms with Crippen LogP contribution in [0.15, 0.2) is 0 Å². The van der Waals surface area contributed by atoms with E-state index < -0.39 is 0 Å². The van der Waals surface area contributed by atoms with Crippen molar-refractivity contribution in [1.82, 2.24) is 0 Å². The van der Waals surface area contributed by atoms with E-state index in [1.54, 1.807) is 0 Å². The first-order valence-corrected chi connectivity index (χ1v) is 10.9. The zero-order chi connectivity index (χ0) is 18.0. The summed E-state index contributed by atoms with van der Waals surface area (Å²) in [5.74, 6) is 0.721. The Morgan fingerprint density at radius 1 is 0.708 bits per heavy atom. The molecule has 144 valence electrons. The lowest BCUT2D eigenvalue weighted by molar-refractivity contribution is -0.150. The summed E-state index contributed by atoms with van der Waals surface area (Å²) >= 11 is 0. The molecule has 0 radical (unpaired) electrons. The molecular formula is C22H44O2. The quantitative estimate of drug-likeness (QED) is 0.205. The summed E-state index contributed by atoms with van der Waals surface area (Å²) in [4.78, 5) is 12.3. The number of esters is 1. The van der Waals surface area contributed by atoms with E-state index in [0.29, 0.717) is 12.5 Å². The molecule has 0 fully saturated rings. The predicted octanol–water partition coefficient (Wildman–Crippen LogP) is 7.30. The maximum atomic E-state index is 12.3. The minimum absolute atomic E-state index is 0.0513. The molecule has 0 aromatic rings. The first-order valence-electron chi connectivity index (χ1n) is 10.9. The minimum atomic E-state index is 0.0513. The average Bonchev–Trinajstić information content (AvgIpc) is 2.60. The minimum Gasteiger partial charge on any atom is -0.465 e. The number of hydrogen-bond donors (Lipinski definition) is 0. The van der Waals surface area contributed by atoms with Crippen LogP contribution in [0.5, 0.6) is 0 Å². The lowest BCUT2D eigenvalue weighted by Gasteiger charge is -2.18. The number of unbranched alkanes of at least 4 members (excludes halogenated alkanes) is 8. The highest BCUT2D eigenvalue weighted by atomic mass is 16.5. The maximum Gasteiger partial charge on any atom is 0.308 e. The Labute approximate surface area is 152 Å². The van der Waals surface area contributed by atoms with E-state index in [-0.39, 0.29) is 11.9 Å². The molecule has 0 bridgehead atoms. The van der Waals surface area contributed by atoms with E-state index >= 15 is 0 Å². The summed E-state index contributed by atoms with van der Waals surface area (Å²) in [6, 6.07) is 0. The molecule has 0 saturated carbocycles. The van der Waals surface area contributed by atoms with Crippen LogP contribution in [0.3, 0.4) is 0 Å². The van der Waals surface area contributed by atoms with E-state index in [0.717, 1.165) is 19.3 Å². The molecule has 0 amide bonds. The Morgan fingerprint density at radius 3 is 1.83 bits per heavy atom. The lowest BCUT2D eigenvalue weighted by atomic mass is 9.97. The van der Waals surface area contributed by atoms with Crippen molar-refractivity contribution >= 4 is 5.97 Å². The third kappa shape index (κ3) is 12.8. The molecule has 24 heavy (non-hydrogen) atoms. The summed E-state index contributed by atoms with van der Waals surface area (Å²) in [5.41, 5.74) is 0. The fourth-order valence-corrected chi connectivity index (χ4v) is 3.23. The van der Waals surface area contributed by atoms with Gasteiger partial charge in [0, 0.05) is 0 Å². The van der Waals surface area contributed by atoms with Gasteiger partial charge >= 0.3 is 5.97 Å². The van der Waals surface area contributed by atoms with Gasteiger partial charge in [-0.3, -0.25) is 4.79 Å². The van der Waals surface area contributed by atoms with Gasteiger partial charge in [0.25, 0.3) is 0 Å². The van der Waals surface area contributed by atoms with Gasteiger partial charge in [0.05, 0.1) is 12.5 Å². The number of carbonyl (C=O) groups is 1. The van der Waals surface area contributed by atoms with Crippen LogP contribution < -0.4 is 0 Å². The third-order valence-corrected chi connectivity index (χ3v) is 5.24. The Morgan fingerprint density at radius 2 is 1.29 bits per heavy atom. The van der Waals surface area contributed by atoms with Gasteiger partial charge in [-0.2, -0.15) is 0 Å². The highest BCUT2D eigenvalue weighted by Crippen LogP contribution is 2.19. The molecule has 0 saturated heterocycles. The van der Waals surface area contributed by atoms with Crippen LogP contribution in [0.2, 0.25) is 0 Å². The van der Waals surface area contributed by atoms with Gasteiger partial charge in [0.2, 0.25) is 0 Å². The molecule has 0 aliphatic carbocycles. The standard InChI is InChI=1S/C22H44O2/c1-5-9-11-12-13-14-15-16-18-21(8-4)22(23)24-19-20(7-3)17-10-6-2/h20-21H,5-19H2,1-4H3. The van der Waals surface area contributed by atoms with Crippen LogP contribution >= 0.6 is 0 Å². The van der Waals surface area contributed by atoms with Gasteiger partial charge in [0.15, 0.2) is 0 Å². The summed E-state index contributed by atoms with van der Waals surface area (Å²) in [6.07, 6.45) is 17.3. The smallest absolute Gasteiger partial charge is 0.308 e. The monoisotopic (exact) mass is 340 g/mol. The molecule has 0 aliphatic heterocycles. The molecule has 2 unspecified atom stereocenters. The molecule has 0 heterocycles. The van der Waals surface area contributed by atoms with E-state index in [4.69, 9.17) is 4.74 Å². The fraction of sp³-hybridized carbons (Fsp3) is 0.955. The van der Waals surface area contributed by atoms with Crippen LogP contribution in [-0.2, 0) is 9.53 Å². The second-order valence-corrected chi connectivity index (χ2v) is 7.42. The SMILES string of the molecule is CCCCCCCCCCC(CC)C(=O)OCC(CC)CCCC. The van der Waals surface area contributed by atoms with E-state index in [2.05, 4.69) is 27.7 Å². The van der Waals surface area contributed by atoms with Crippen molar-refractivity contribution in [2.24, 2.45) is 11.8 Å². The Hall–Kier alpha value is -0.530. The number of carbonyl (C=O) groups excluding carboxylic acids is 1. The second kappa shape index (κ2) is 17.3. The largest absolute Gasteiger partial charge is 0.465 e. The van der Waals surface area contributed by atoms with Gasteiger partial charge in [-0.15, -0.1) is 0 Å². The fourth-order valence-electron chi connectivity index (χ4n) is 3.23. The van der Waals surface area contributed by atoms with Gasteiger partial charge in [-0.1, -0.05) is 98.3 Å². The molecule has 0 aromatic carbocycles. The highest BCUT2D eigenvalue weighted by Gasteiger charge is 2.19. The van der Waals surface area contributed by atoms with Crippen molar-refractivity contribution in [3.8, 4) is 0 Å². The lowest BCUT2D eigenvalue weighted by Crippen LogP contribution is -2.21. The van der Waals surface area contributed by atoms with Crippen molar-refractivity contribution in [1.29, 1.82) is 0 Å². The van der Waals surface area contributed by atoms with Crippen molar-refractivity contribution in [2.75, 3.05) is 6.61 Å². The van der Waals surface area contributed by atoms with Crippen LogP contribution in [0.4, 0.5) is 0 Å². The van der Waals surface area contributed by atoms with Crippen molar-refractivity contribution in [2.45, 2.75) is 118 Å². The normalized spacial score (nSPS) is 13.7. The van der Waals surface area contributed by atoms with Crippen molar-refractivity contribution in [3.05, 3.63) is 0 Å². The summed E-state index contributed by atoms with van der Waals surface area (Å²) < 4.78 is 5.63. The summed E-state index contributed by atoms with van der Waals surface area (Å²) in [6.45, 7) is 9.42. The van der Waals surface area contributed by atoms with Gasteiger partial charge < -0.3 is 4.74 Å². The Balaban J connectivity index is 3.80. The first-order chi connectivity index (χ1) is 11.7. The van der Waals surface area contributed by atoms with Gasteiger partial charge in [-0.25, -0.2) is 0 Å². The zero-order valence-corrected chi connectivity index (χ0v) is 17.1. The van der Waals surface area contributed by atoms with E-state index in [1.807, 2.05) is 0 Å². The average molecular weight is 341 g/mol.